The predicted octanol–water partition coefficient (Wildman–Crippen LogP) is 0.683. The molecule has 0 radical (unpaired) electrons. The van der Waals surface area contributed by atoms with Gasteiger partial charge in [0.05, 0.1) is 17.5 Å². The van der Waals surface area contributed by atoms with Gasteiger partial charge in [0.2, 0.25) is 12.3 Å². The molecule has 2 heterocycles. The Balaban J connectivity index is 2.03. The van der Waals surface area contributed by atoms with Crippen molar-refractivity contribution in [2.45, 2.75) is 86.3 Å². The summed E-state index contributed by atoms with van der Waals surface area (Å²) in [6.07, 6.45) is -4.49. The van der Waals surface area contributed by atoms with Gasteiger partial charge in [-0.2, -0.15) is 0 Å². The minimum Gasteiger partial charge on any atom is -0.388 e. The lowest BCUT2D eigenvalue weighted by Gasteiger charge is -2.44. The van der Waals surface area contributed by atoms with Crippen molar-refractivity contribution in [1.82, 2.24) is 10.6 Å². The first-order valence-electron chi connectivity index (χ1n) is 9.84. The Hall–Kier alpha value is -0.230. The van der Waals surface area contributed by atoms with Crippen molar-refractivity contribution in [3.63, 3.8) is 0 Å². The number of rotatable bonds is 7. The molecule has 2 rings (SSSR count). The third-order valence-electron chi connectivity index (χ3n) is 5.63. The fourth-order valence-corrected chi connectivity index (χ4v) is 4.80. The highest BCUT2D eigenvalue weighted by Gasteiger charge is 2.48. The van der Waals surface area contributed by atoms with Gasteiger partial charge in [0.15, 0.2) is 0 Å². The van der Waals surface area contributed by atoms with E-state index in [1.54, 1.807) is 13.2 Å². The van der Waals surface area contributed by atoms with Crippen molar-refractivity contribution in [3.8, 4) is 0 Å². The average molecular weight is 461 g/mol. The van der Waals surface area contributed by atoms with Crippen LogP contribution in [0.3, 0.4) is 0 Å². The van der Waals surface area contributed by atoms with Crippen molar-refractivity contribution < 1.29 is 33.6 Å². The molecule has 7 nitrogen and oxygen atoms in total. The zero-order valence-electron chi connectivity index (χ0n) is 16.5. The normalized spacial score (nSPS) is 38.3. The van der Waals surface area contributed by atoms with Crippen LogP contribution in [0.25, 0.3) is 0 Å². The number of aliphatic hydroxyl groups is 3. The lowest BCUT2D eigenvalue weighted by molar-refractivity contribution is -0.205. The maximum absolute atomic E-state index is 12.8. The Morgan fingerprint density at radius 1 is 1.24 bits per heavy atom. The SMILES string of the molecule is CSC1OC(C(NC(=O)C2CC[C@H](CC(F)F)CCN2)C(C)Cl)C(O)C(O)C1O. The van der Waals surface area contributed by atoms with E-state index in [2.05, 4.69) is 10.6 Å². The first-order chi connectivity index (χ1) is 13.6. The standard InChI is InChI=1S/C18H31ClF2N2O5S/c1-8(19)12(16-14(25)13(24)15(26)18(28-16)29-2)23-17(27)10-4-3-9(5-6-22-10)7-11(20)21/h8-16,18,22,24-26H,3-7H2,1-2H3,(H,23,27)/t8?,9-,10?,12?,13?,14?,15?,16?,18?/m0/s1. The smallest absolute Gasteiger partial charge is 0.238 e. The van der Waals surface area contributed by atoms with Gasteiger partial charge in [-0.25, -0.2) is 8.78 Å². The lowest BCUT2D eigenvalue weighted by atomic mass is 9.92. The molecule has 2 aliphatic heterocycles. The number of carbonyl (C=O) groups excluding carboxylic acids is 1. The van der Waals surface area contributed by atoms with E-state index in [1.807, 2.05) is 0 Å². The molecule has 0 saturated carbocycles. The molecule has 0 aromatic carbocycles. The van der Waals surface area contributed by atoms with Gasteiger partial charge in [0.25, 0.3) is 0 Å². The van der Waals surface area contributed by atoms with Gasteiger partial charge in [-0.3, -0.25) is 4.79 Å². The summed E-state index contributed by atoms with van der Waals surface area (Å²) in [6.45, 7) is 2.09. The second-order valence-corrected chi connectivity index (χ2v) is 9.38. The Bertz CT molecular complexity index is 534. The van der Waals surface area contributed by atoms with E-state index in [9.17, 15) is 28.9 Å². The molecule has 5 N–H and O–H groups in total. The van der Waals surface area contributed by atoms with Crippen LogP contribution < -0.4 is 10.6 Å². The van der Waals surface area contributed by atoms with Crippen LogP contribution in [-0.4, -0.2) is 87.8 Å². The second kappa shape index (κ2) is 11.4. The van der Waals surface area contributed by atoms with E-state index in [4.69, 9.17) is 16.3 Å². The summed E-state index contributed by atoms with van der Waals surface area (Å²) in [5.74, 6) is -0.497. The van der Waals surface area contributed by atoms with Crippen LogP contribution in [0, 0.1) is 5.92 Å². The van der Waals surface area contributed by atoms with Gasteiger partial charge in [-0.15, -0.1) is 23.4 Å². The minimum absolute atomic E-state index is 0.134. The summed E-state index contributed by atoms with van der Waals surface area (Å²) in [7, 11) is 0. The summed E-state index contributed by atoms with van der Waals surface area (Å²) in [6, 6.07) is -1.39. The fourth-order valence-electron chi connectivity index (χ4n) is 3.91. The zero-order valence-corrected chi connectivity index (χ0v) is 18.1. The molecular weight excluding hydrogens is 430 g/mol. The molecule has 170 valence electrons. The zero-order chi connectivity index (χ0) is 21.7. The largest absolute Gasteiger partial charge is 0.388 e. The van der Waals surface area contributed by atoms with E-state index >= 15 is 0 Å². The topological polar surface area (TPSA) is 111 Å². The second-order valence-electron chi connectivity index (χ2n) is 7.75. The maximum Gasteiger partial charge on any atom is 0.238 e. The molecule has 29 heavy (non-hydrogen) atoms. The van der Waals surface area contributed by atoms with E-state index in [0.29, 0.717) is 25.8 Å². The Morgan fingerprint density at radius 2 is 1.93 bits per heavy atom. The summed E-state index contributed by atoms with van der Waals surface area (Å²) >= 11 is 7.43. The lowest BCUT2D eigenvalue weighted by Crippen LogP contribution is -2.65. The summed E-state index contributed by atoms with van der Waals surface area (Å²) in [5, 5.41) is 35.8. The molecule has 2 aliphatic rings. The number of halogens is 3. The van der Waals surface area contributed by atoms with Crippen molar-refractivity contribution in [1.29, 1.82) is 0 Å². The highest BCUT2D eigenvalue weighted by molar-refractivity contribution is 7.99. The number of nitrogens with one attached hydrogen (secondary N) is 2. The third-order valence-corrected chi connectivity index (χ3v) is 6.76. The quantitative estimate of drug-likeness (QED) is 0.355. The van der Waals surface area contributed by atoms with Gasteiger partial charge in [-0.1, -0.05) is 0 Å². The molecule has 0 aromatic heterocycles. The molecule has 1 amide bonds. The van der Waals surface area contributed by atoms with Crippen LogP contribution in [0.5, 0.6) is 0 Å². The van der Waals surface area contributed by atoms with Gasteiger partial charge in [0.1, 0.15) is 29.9 Å². The highest BCUT2D eigenvalue weighted by Crippen LogP contribution is 2.30. The number of ether oxygens (including phenoxy) is 1. The molecule has 8 unspecified atom stereocenters. The minimum atomic E-state index is -2.36. The van der Waals surface area contributed by atoms with E-state index < -0.39 is 53.7 Å². The number of aliphatic hydroxyl groups excluding tert-OH is 3. The molecule has 0 bridgehead atoms. The number of amides is 1. The van der Waals surface area contributed by atoms with Crippen molar-refractivity contribution in [3.05, 3.63) is 0 Å². The molecule has 2 saturated heterocycles. The summed E-state index contributed by atoms with van der Waals surface area (Å²) in [4.78, 5) is 12.8. The number of carbonyl (C=O) groups is 1. The van der Waals surface area contributed by atoms with Gasteiger partial charge in [-0.05, 0) is 44.9 Å². The maximum atomic E-state index is 12.8. The van der Waals surface area contributed by atoms with Gasteiger partial charge in [0, 0.05) is 6.42 Å². The molecular formula is C18H31ClF2N2O5S. The molecule has 11 heteroatoms. The van der Waals surface area contributed by atoms with Crippen molar-refractivity contribution >= 4 is 29.3 Å². The van der Waals surface area contributed by atoms with E-state index in [-0.39, 0.29) is 18.2 Å². The number of alkyl halides is 3. The van der Waals surface area contributed by atoms with Crippen LogP contribution in [-0.2, 0) is 9.53 Å². The fraction of sp³-hybridized carbons (Fsp3) is 0.944. The number of thioether (sulfide) groups is 1. The number of hydrogen-bond donors (Lipinski definition) is 5. The highest BCUT2D eigenvalue weighted by atomic mass is 35.5. The first kappa shape index (κ1) is 25.0. The van der Waals surface area contributed by atoms with Gasteiger partial charge >= 0.3 is 0 Å². The van der Waals surface area contributed by atoms with Crippen molar-refractivity contribution in [2.24, 2.45) is 5.92 Å². The van der Waals surface area contributed by atoms with Crippen molar-refractivity contribution in [2.75, 3.05) is 12.8 Å². The summed E-state index contributed by atoms with van der Waals surface area (Å²) < 4.78 is 31.0. The molecule has 0 aromatic rings. The molecule has 0 aliphatic carbocycles. The Labute approximate surface area is 178 Å². The van der Waals surface area contributed by atoms with E-state index in [1.165, 1.54) is 11.8 Å². The molecule has 9 atom stereocenters. The van der Waals surface area contributed by atoms with Crippen LogP contribution in [0.2, 0.25) is 0 Å². The Morgan fingerprint density at radius 3 is 2.52 bits per heavy atom. The predicted molar refractivity (Wildman–Crippen MR) is 107 cm³/mol. The van der Waals surface area contributed by atoms with Gasteiger partial charge < -0.3 is 30.7 Å². The molecule has 0 spiro atoms. The van der Waals surface area contributed by atoms with E-state index in [0.717, 1.165) is 0 Å². The Kier molecular flexibility index (Phi) is 9.85. The summed E-state index contributed by atoms with van der Waals surface area (Å²) in [5.41, 5.74) is -0.778. The number of hydrogen-bond acceptors (Lipinski definition) is 7. The van der Waals surface area contributed by atoms with Crippen LogP contribution in [0.15, 0.2) is 0 Å². The molecule has 2 fully saturated rings. The van der Waals surface area contributed by atoms with Crippen LogP contribution >= 0.6 is 23.4 Å². The third kappa shape index (κ3) is 6.62. The van der Waals surface area contributed by atoms with Crippen LogP contribution in [0.4, 0.5) is 8.78 Å². The average Bonchev–Trinajstić information content (AvgIpc) is 2.89. The first-order valence-corrected chi connectivity index (χ1v) is 11.6. The van der Waals surface area contributed by atoms with Crippen LogP contribution in [0.1, 0.15) is 32.6 Å². The monoisotopic (exact) mass is 460 g/mol.